The summed E-state index contributed by atoms with van der Waals surface area (Å²) in [6.07, 6.45) is 1.80. The fourth-order valence-electron chi connectivity index (χ4n) is 2.80. The lowest BCUT2D eigenvalue weighted by molar-refractivity contribution is -0.116. The van der Waals surface area contributed by atoms with Crippen LogP contribution in [0.2, 0.25) is 0 Å². The fraction of sp³-hybridized carbons (Fsp3) is 0.0952. The number of carbonyl (C=O) groups is 1. The van der Waals surface area contributed by atoms with E-state index in [-0.39, 0.29) is 12.5 Å². The second-order valence-electron chi connectivity index (χ2n) is 6.08. The van der Waals surface area contributed by atoms with Gasteiger partial charge in [-0.05, 0) is 48.5 Å². The summed E-state index contributed by atoms with van der Waals surface area (Å²) in [6, 6.07) is 20.4. The largest absolute Gasteiger partial charge is 0.497 e. The predicted octanol–water partition coefficient (Wildman–Crippen LogP) is 3.85. The number of hydrogen-bond donors (Lipinski definition) is 1. The summed E-state index contributed by atoms with van der Waals surface area (Å²) < 4.78 is 12.7. The van der Waals surface area contributed by atoms with Gasteiger partial charge in [-0.25, -0.2) is 0 Å². The van der Waals surface area contributed by atoms with Gasteiger partial charge >= 0.3 is 0 Å². The van der Waals surface area contributed by atoms with Crippen molar-refractivity contribution < 1.29 is 13.9 Å². The van der Waals surface area contributed by atoms with Crippen molar-refractivity contribution in [3.63, 3.8) is 0 Å². The molecule has 0 radical (unpaired) electrons. The van der Waals surface area contributed by atoms with Crippen LogP contribution in [0.15, 0.2) is 77.3 Å². The number of hydrogen-bond acceptors (Lipinski definition) is 5. The standard InChI is InChI=1S/C21H18N4O3/c1-27-17-11-9-16(10-12-17)22-19(26)14-25-13-5-8-18(25)21-24-23-20(28-21)15-6-3-2-4-7-15/h2-13H,14H2,1H3,(H,22,26). The van der Waals surface area contributed by atoms with Crippen LogP contribution in [0.5, 0.6) is 5.75 Å². The summed E-state index contributed by atoms with van der Waals surface area (Å²) in [5, 5.41) is 11.1. The van der Waals surface area contributed by atoms with Crippen LogP contribution in [0, 0.1) is 0 Å². The number of ether oxygens (including phenoxy) is 1. The predicted molar refractivity (Wildman–Crippen MR) is 105 cm³/mol. The lowest BCUT2D eigenvalue weighted by atomic mass is 10.2. The van der Waals surface area contributed by atoms with Gasteiger partial charge in [-0.1, -0.05) is 18.2 Å². The first-order valence-corrected chi connectivity index (χ1v) is 8.71. The molecule has 0 aliphatic carbocycles. The Hall–Kier alpha value is -3.87. The van der Waals surface area contributed by atoms with Crippen molar-refractivity contribution in [2.45, 2.75) is 6.54 Å². The van der Waals surface area contributed by atoms with E-state index in [2.05, 4.69) is 15.5 Å². The Kier molecular flexibility index (Phi) is 4.88. The third-order valence-corrected chi connectivity index (χ3v) is 4.18. The number of aromatic nitrogens is 3. The molecule has 0 saturated heterocycles. The first kappa shape index (κ1) is 17.5. The molecule has 4 aromatic rings. The highest BCUT2D eigenvalue weighted by Crippen LogP contribution is 2.24. The average Bonchev–Trinajstić information content (AvgIpc) is 3.38. The first-order chi connectivity index (χ1) is 13.7. The molecule has 2 aromatic carbocycles. The van der Waals surface area contributed by atoms with Gasteiger partial charge in [0.2, 0.25) is 11.8 Å². The quantitative estimate of drug-likeness (QED) is 0.554. The molecule has 1 amide bonds. The van der Waals surface area contributed by atoms with Gasteiger partial charge in [0.15, 0.2) is 0 Å². The summed E-state index contributed by atoms with van der Waals surface area (Å²) in [5.74, 6) is 1.37. The van der Waals surface area contributed by atoms with Crippen LogP contribution >= 0.6 is 0 Å². The zero-order valence-corrected chi connectivity index (χ0v) is 15.2. The topological polar surface area (TPSA) is 82.2 Å². The van der Waals surface area contributed by atoms with E-state index in [0.29, 0.717) is 23.2 Å². The van der Waals surface area contributed by atoms with Crippen LogP contribution in [-0.4, -0.2) is 27.8 Å². The van der Waals surface area contributed by atoms with E-state index in [1.165, 1.54) is 0 Å². The molecule has 7 heteroatoms. The highest BCUT2D eigenvalue weighted by molar-refractivity contribution is 5.90. The van der Waals surface area contributed by atoms with Crippen molar-refractivity contribution in [2.75, 3.05) is 12.4 Å². The summed E-state index contributed by atoms with van der Waals surface area (Å²) >= 11 is 0. The Morgan fingerprint density at radius 1 is 1.00 bits per heavy atom. The van der Waals surface area contributed by atoms with Gasteiger partial charge in [-0.15, -0.1) is 10.2 Å². The van der Waals surface area contributed by atoms with Crippen molar-refractivity contribution in [3.8, 4) is 28.8 Å². The number of amides is 1. The van der Waals surface area contributed by atoms with Gasteiger partial charge in [0.1, 0.15) is 18.0 Å². The smallest absolute Gasteiger partial charge is 0.264 e. The lowest BCUT2D eigenvalue weighted by Crippen LogP contribution is -2.18. The zero-order valence-electron chi connectivity index (χ0n) is 15.2. The van der Waals surface area contributed by atoms with Gasteiger partial charge < -0.3 is 19.0 Å². The Labute approximate surface area is 161 Å². The molecule has 0 aliphatic rings. The molecular weight excluding hydrogens is 356 g/mol. The molecule has 7 nitrogen and oxygen atoms in total. The highest BCUT2D eigenvalue weighted by Gasteiger charge is 2.15. The van der Waals surface area contributed by atoms with E-state index in [0.717, 1.165) is 11.3 Å². The summed E-state index contributed by atoms with van der Waals surface area (Å²) in [7, 11) is 1.60. The maximum absolute atomic E-state index is 12.4. The summed E-state index contributed by atoms with van der Waals surface area (Å²) in [5.41, 5.74) is 2.22. The molecule has 0 fully saturated rings. The van der Waals surface area contributed by atoms with Crippen LogP contribution in [0.1, 0.15) is 0 Å². The van der Waals surface area contributed by atoms with Gasteiger partial charge in [0.25, 0.3) is 5.89 Å². The van der Waals surface area contributed by atoms with Gasteiger partial charge in [0, 0.05) is 17.4 Å². The number of anilines is 1. The molecule has 0 bridgehead atoms. The van der Waals surface area contributed by atoms with E-state index >= 15 is 0 Å². The van der Waals surface area contributed by atoms with E-state index in [9.17, 15) is 4.79 Å². The Bertz CT molecular complexity index is 1070. The van der Waals surface area contributed by atoms with E-state index in [1.807, 2.05) is 42.5 Å². The molecule has 0 atom stereocenters. The highest BCUT2D eigenvalue weighted by atomic mass is 16.5. The minimum absolute atomic E-state index is 0.122. The average molecular weight is 374 g/mol. The molecule has 2 heterocycles. The minimum Gasteiger partial charge on any atom is -0.497 e. The molecular formula is C21H18N4O3. The second kappa shape index (κ2) is 7.79. The molecule has 0 aliphatic heterocycles. The van der Waals surface area contributed by atoms with Crippen LogP contribution in [-0.2, 0) is 11.3 Å². The van der Waals surface area contributed by atoms with Gasteiger partial charge in [0.05, 0.1) is 7.11 Å². The Morgan fingerprint density at radius 2 is 1.75 bits per heavy atom. The number of carbonyl (C=O) groups excluding carboxylic acids is 1. The second-order valence-corrected chi connectivity index (χ2v) is 6.08. The van der Waals surface area contributed by atoms with Crippen LogP contribution in [0.3, 0.4) is 0 Å². The molecule has 28 heavy (non-hydrogen) atoms. The Morgan fingerprint density at radius 3 is 2.50 bits per heavy atom. The lowest BCUT2D eigenvalue weighted by Gasteiger charge is -2.08. The molecule has 4 rings (SSSR count). The van der Waals surface area contributed by atoms with Crippen molar-refractivity contribution in [3.05, 3.63) is 72.9 Å². The molecule has 1 N–H and O–H groups in total. The third-order valence-electron chi connectivity index (χ3n) is 4.18. The molecule has 2 aromatic heterocycles. The molecule has 140 valence electrons. The molecule has 0 unspecified atom stereocenters. The van der Waals surface area contributed by atoms with Crippen LogP contribution in [0.25, 0.3) is 23.0 Å². The van der Waals surface area contributed by atoms with Crippen LogP contribution in [0.4, 0.5) is 5.69 Å². The monoisotopic (exact) mass is 374 g/mol. The first-order valence-electron chi connectivity index (χ1n) is 8.71. The zero-order chi connectivity index (χ0) is 19.3. The minimum atomic E-state index is -0.162. The maximum Gasteiger partial charge on any atom is 0.264 e. The summed E-state index contributed by atoms with van der Waals surface area (Å²) in [4.78, 5) is 12.4. The van der Waals surface area contributed by atoms with Crippen LogP contribution < -0.4 is 10.1 Å². The fourth-order valence-corrected chi connectivity index (χ4v) is 2.80. The number of benzene rings is 2. The van der Waals surface area contributed by atoms with E-state index in [1.54, 1.807) is 42.1 Å². The molecule has 0 spiro atoms. The number of nitrogens with one attached hydrogen (secondary N) is 1. The van der Waals surface area contributed by atoms with E-state index < -0.39 is 0 Å². The number of nitrogens with zero attached hydrogens (tertiary/aromatic N) is 3. The summed E-state index contributed by atoms with van der Waals surface area (Å²) in [6.45, 7) is 0.122. The normalized spacial score (nSPS) is 10.6. The van der Waals surface area contributed by atoms with Crippen molar-refractivity contribution >= 4 is 11.6 Å². The molecule has 0 saturated carbocycles. The van der Waals surface area contributed by atoms with E-state index in [4.69, 9.17) is 9.15 Å². The van der Waals surface area contributed by atoms with Gasteiger partial charge in [-0.2, -0.15) is 0 Å². The van der Waals surface area contributed by atoms with Crippen molar-refractivity contribution in [1.29, 1.82) is 0 Å². The van der Waals surface area contributed by atoms with Crippen molar-refractivity contribution in [1.82, 2.24) is 14.8 Å². The van der Waals surface area contributed by atoms with Crippen molar-refractivity contribution in [2.24, 2.45) is 0 Å². The van der Waals surface area contributed by atoms with Gasteiger partial charge in [-0.3, -0.25) is 4.79 Å². The number of rotatable bonds is 6. The SMILES string of the molecule is COc1ccc(NC(=O)Cn2cccc2-c2nnc(-c3ccccc3)o2)cc1. The maximum atomic E-state index is 12.4. The Balaban J connectivity index is 1.48. The number of methoxy groups -OCH3 is 1. The third kappa shape index (κ3) is 3.78.